The lowest BCUT2D eigenvalue weighted by atomic mass is 10.00. The van der Waals surface area contributed by atoms with Crippen molar-refractivity contribution in [3.63, 3.8) is 0 Å². The molecule has 45 heavy (non-hydrogen) atoms. The van der Waals surface area contributed by atoms with Gasteiger partial charge < -0.3 is 19.7 Å². The van der Waals surface area contributed by atoms with Gasteiger partial charge in [0.25, 0.3) is 0 Å². The number of hydrogen-bond donors (Lipinski definition) is 2. The first-order chi connectivity index (χ1) is 22.0. The number of benzene rings is 4. The van der Waals surface area contributed by atoms with Crippen LogP contribution in [0.25, 0.3) is 0 Å². The van der Waals surface area contributed by atoms with E-state index in [0.717, 1.165) is 62.3 Å². The van der Waals surface area contributed by atoms with Gasteiger partial charge in [0.2, 0.25) is 0 Å². The van der Waals surface area contributed by atoms with Gasteiger partial charge in [-0.15, -0.1) is 0 Å². The summed E-state index contributed by atoms with van der Waals surface area (Å²) in [6, 6.07) is 36.5. The second-order valence-electron chi connectivity index (χ2n) is 10.7. The molecule has 0 aliphatic heterocycles. The van der Waals surface area contributed by atoms with E-state index in [9.17, 15) is 14.7 Å². The van der Waals surface area contributed by atoms with Crippen molar-refractivity contribution in [2.24, 2.45) is 0 Å². The van der Waals surface area contributed by atoms with E-state index in [2.05, 4.69) is 53.3 Å². The van der Waals surface area contributed by atoms with Crippen LogP contribution in [0.3, 0.4) is 0 Å². The highest BCUT2D eigenvalue weighted by molar-refractivity contribution is 5.72. The van der Waals surface area contributed by atoms with Crippen molar-refractivity contribution in [1.29, 1.82) is 0 Å². The molecule has 6 nitrogen and oxygen atoms in total. The Balaban J connectivity index is 0.000000297. The molecule has 4 rings (SSSR count). The Hall–Kier alpha value is -4.26. The van der Waals surface area contributed by atoms with E-state index in [-0.39, 0.29) is 11.9 Å². The van der Waals surface area contributed by atoms with Crippen molar-refractivity contribution in [2.45, 2.75) is 63.9 Å². The average Bonchev–Trinajstić information content (AvgIpc) is 3.09. The van der Waals surface area contributed by atoms with Gasteiger partial charge in [-0.1, -0.05) is 109 Å². The third-order valence-corrected chi connectivity index (χ3v) is 7.29. The summed E-state index contributed by atoms with van der Waals surface area (Å²) in [4.78, 5) is 22.6. The standard InChI is InChI=1S/C19H22O3.C19H22O2.CH4O/c1-22-19(21)14-16-9-5-7-15(13-16)8-6-12-18(20)17-10-3-2-4-11-17;1-21-19(20)15-18-13-7-12-17(14-18)11-6-5-10-16-8-3-2-4-9-16;1-2/h2-5,7,9-11,13,18,20H,6,8,12,14H2,1H3;2-4,7-9,12-14H,5-6,10-11,15H2,1H3;2H,1H3. The SMILES string of the molecule is CO.COC(=O)Cc1cccc(CCCC(O)c2ccccc2)c1.COC(=O)Cc1cccc(CCCCc2ccccc2)c1. The molecule has 1 unspecified atom stereocenters. The monoisotopic (exact) mass is 612 g/mol. The molecule has 0 spiro atoms. The molecule has 0 fully saturated rings. The van der Waals surface area contributed by atoms with Gasteiger partial charge in [0, 0.05) is 7.11 Å². The molecule has 4 aromatic rings. The number of aryl methyl sites for hydroxylation is 3. The Morgan fingerprint density at radius 3 is 1.44 bits per heavy atom. The van der Waals surface area contributed by atoms with Crippen molar-refractivity contribution in [3.05, 3.63) is 143 Å². The van der Waals surface area contributed by atoms with Crippen LogP contribution in [-0.4, -0.2) is 43.5 Å². The molecule has 1 atom stereocenters. The van der Waals surface area contributed by atoms with E-state index < -0.39 is 6.10 Å². The summed E-state index contributed by atoms with van der Waals surface area (Å²) in [5, 5.41) is 17.1. The lowest BCUT2D eigenvalue weighted by Gasteiger charge is -2.11. The minimum absolute atomic E-state index is 0.184. The maximum Gasteiger partial charge on any atom is 0.309 e. The predicted octanol–water partition coefficient (Wildman–Crippen LogP) is 7.03. The van der Waals surface area contributed by atoms with Crippen molar-refractivity contribution in [3.8, 4) is 0 Å². The van der Waals surface area contributed by atoms with Gasteiger partial charge in [-0.3, -0.25) is 9.59 Å². The van der Waals surface area contributed by atoms with E-state index in [0.29, 0.717) is 12.8 Å². The van der Waals surface area contributed by atoms with Crippen LogP contribution in [0.1, 0.15) is 65.2 Å². The molecule has 0 radical (unpaired) electrons. The Morgan fingerprint density at radius 2 is 0.956 bits per heavy atom. The maximum absolute atomic E-state index is 11.3. The number of aliphatic hydroxyl groups is 2. The molecular weight excluding hydrogens is 564 g/mol. The fourth-order valence-corrected chi connectivity index (χ4v) is 4.91. The smallest absolute Gasteiger partial charge is 0.309 e. The van der Waals surface area contributed by atoms with E-state index in [1.165, 1.54) is 37.3 Å². The summed E-state index contributed by atoms with van der Waals surface area (Å²) in [5.41, 5.74) is 6.83. The topological polar surface area (TPSA) is 93.1 Å². The highest BCUT2D eigenvalue weighted by Crippen LogP contribution is 2.19. The van der Waals surface area contributed by atoms with Gasteiger partial charge in [0.15, 0.2) is 0 Å². The molecule has 0 aromatic heterocycles. The normalized spacial score (nSPS) is 10.8. The van der Waals surface area contributed by atoms with E-state index in [1.807, 2.05) is 60.7 Å². The predicted molar refractivity (Wildman–Crippen MR) is 180 cm³/mol. The first kappa shape index (κ1) is 36.9. The number of rotatable bonds is 14. The largest absolute Gasteiger partial charge is 0.469 e. The average molecular weight is 613 g/mol. The minimum atomic E-state index is -0.417. The first-order valence-corrected chi connectivity index (χ1v) is 15.5. The van der Waals surface area contributed by atoms with Crippen molar-refractivity contribution in [1.82, 2.24) is 0 Å². The van der Waals surface area contributed by atoms with Crippen LogP contribution < -0.4 is 0 Å². The van der Waals surface area contributed by atoms with Crippen LogP contribution in [-0.2, 0) is 51.2 Å². The zero-order chi connectivity index (χ0) is 32.7. The maximum atomic E-state index is 11.3. The van der Waals surface area contributed by atoms with Crippen LogP contribution in [0.15, 0.2) is 109 Å². The fraction of sp³-hybridized carbons (Fsp3) is 0.333. The summed E-state index contributed by atoms with van der Waals surface area (Å²) in [5.74, 6) is -0.409. The number of methoxy groups -OCH3 is 2. The Labute approximate surface area is 268 Å². The van der Waals surface area contributed by atoms with Gasteiger partial charge in [-0.2, -0.15) is 0 Å². The van der Waals surface area contributed by atoms with Gasteiger partial charge in [-0.05, 0) is 78.3 Å². The van der Waals surface area contributed by atoms with E-state index >= 15 is 0 Å². The zero-order valence-electron chi connectivity index (χ0n) is 26.9. The van der Waals surface area contributed by atoms with Crippen LogP contribution >= 0.6 is 0 Å². The minimum Gasteiger partial charge on any atom is -0.469 e. The van der Waals surface area contributed by atoms with Gasteiger partial charge in [0.1, 0.15) is 0 Å². The number of carbonyl (C=O) groups is 2. The Bertz CT molecular complexity index is 1370. The Kier molecular flexibility index (Phi) is 18.3. The molecule has 0 saturated heterocycles. The summed E-state index contributed by atoms with van der Waals surface area (Å²) in [7, 11) is 3.83. The van der Waals surface area contributed by atoms with E-state index in [1.54, 1.807) is 0 Å². The second-order valence-corrected chi connectivity index (χ2v) is 10.7. The summed E-state index contributed by atoms with van der Waals surface area (Å²) >= 11 is 0. The number of ether oxygens (including phenoxy) is 2. The number of unbranched alkanes of at least 4 members (excludes halogenated alkanes) is 1. The molecule has 2 N–H and O–H groups in total. The fourth-order valence-electron chi connectivity index (χ4n) is 4.91. The van der Waals surface area contributed by atoms with Gasteiger partial charge in [-0.25, -0.2) is 0 Å². The number of carbonyl (C=O) groups excluding carboxylic acids is 2. The molecule has 0 aliphatic rings. The van der Waals surface area contributed by atoms with Crippen LogP contribution in [0.5, 0.6) is 0 Å². The summed E-state index contributed by atoms with van der Waals surface area (Å²) < 4.78 is 9.39. The molecule has 6 heteroatoms. The summed E-state index contributed by atoms with van der Waals surface area (Å²) in [6.07, 6.45) is 7.29. The van der Waals surface area contributed by atoms with E-state index in [4.69, 9.17) is 9.84 Å². The quantitative estimate of drug-likeness (QED) is 0.117. The third-order valence-electron chi connectivity index (χ3n) is 7.29. The third kappa shape index (κ3) is 15.3. The number of hydrogen-bond acceptors (Lipinski definition) is 6. The molecule has 0 amide bonds. The molecule has 0 saturated carbocycles. The number of esters is 2. The van der Waals surface area contributed by atoms with Gasteiger partial charge >= 0.3 is 11.9 Å². The van der Waals surface area contributed by atoms with Crippen LogP contribution in [0.4, 0.5) is 0 Å². The first-order valence-electron chi connectivity index (χ1n) is 15.5. The van der Waals surface area contributed by atoms with Crippen molar-refractivity contribution in [2.75, 3.05) is 21.3 Å². The van der Waals surface area contributed by atoms with Crippen LogP contribution in [0, 0.1) is 0 Å². The van der Waals surface area contributed by atoms with Crippen molar-refractivity contribution < 1.29 is 29.3 Å². The highest BCUT2D eigenvalue weighted by atomic mass is 16.5. The molecule has 240 valence electrons. The molecular formula is C39H48O6. The van der Waals surface area contributed by atoms with Crippen LogP contribution in [0.2, 0.25) is 0 Å². The Morgan fingerprint density at radius 1 is 0.556 bits per heavy atom. The molecule has 4 aromatic carbocycles. The molecule has 0 aliphatic carbocycles. The lowest BCUT2D eigenvalue weighted by molar-refractivity contribution is -0.140. The summed E-state index contributed by atoms with van der Waals surface area (Å²) in [6.45, 7) is 0. The molecule has 0 bridgehead atoms. The number of aliphatic hydroxyl groups excluding tert-OH is 2. The lowest BCUT2D eigenvalue weighted by Crippen LogP contribution is -2.04. The highest BCUT2D eigenvalue weighted by Gasteiger charge is 2.08. The second kappa shape index (κ2) is 22.3. The zero-order valence-corrected chi connectivity index (χ0v) is 26.9. The van der Waals surface area contributed by atoms with Crippen molar-refractivity contribution >= 4 is 11.9 Å². The molecule has 0 heterocycles. The van der Waals surface area contributed by atoms with Gasteiger partial charge in [0.05, 0.1) is 33.2 Å².